The molecule has 1 amide bonds. The molecule has 0 saturated heterocycles. The SMILES string of the molecule is CCCN(Cc1nnc(-c2cccs2)o1)C(=O)CSc1nc(C)cc(N)n1. The van der Waals surface area contributed by atoms with Gasteiger partial charge in [-0.3, -0.25) is 4.79 Å². The fourth-order valence-electron chi connectivity index (χ4n) is 2.39. The van der Waals surface area contributed by atoms with Gasteiger partial charge in [0, 0.05) is 18.3 Å². The van der Waals surface area contributed by atoms with Crippen LogP contribution in [0.3, 0.4) is 0 Å². The fraction of sp³-hybridized carbons (Fsp3) is 0.353. The number of nitrogens with zero attached hydrogens (tertiary/aromatic N) is 5. The van der Waals surface area contributed by atoms with Gasteiger partial charge in [-0.2, -0.15) is 0 Å². The van der Waals surface area contributed by atoms with Crippen LogP contribution in [0.5, 0.6) is 0 Å². The van der Waals surface area contributed by atoms with Crippen molar-refractivity contribution in [2.45, 2.75) is 32.0 Å². The first kappa shape index (κ1) is 19.3. The molecule has 3 heterocycles. The third-order valence-corrected chi connectivity index (χ3v) is 5.24. The van der Waals surface area contributed by atoms with E-state index in [1.807, 2.05) is 31.4 Å². The lowest BCUT2D eigenvalue weighted by molar-refractivity contribution is -0.129. The number of hydrogen-bond donors (Lipinski definition) is 1. The lowest BCUT2D eigenvalue weighted by Crippen LogP contribution is -2.32. The highest BCUT2D eigenvalue weighted by molar-refractivity contribution is 7.99. The molecule has 8 nitrogen and oxygen atoms in total. The zero-order valence-electron chi connectivity index (χ0n) is 15.1. The number of nitrogens with two attached hydrogens (primary N) is 1. The summed E-state index contributed by atoms with van der Waals surface area (Å²) in [4.78, 5) is 23.7. The number of rotatable bonds is 8. The van der Waals surface area contributed by atoms with E-state index in [-0.39, 0.29) is 18.2 Å². The molecule has 0 bridgehead atoms. The molecule has 0 fully saturated rings. The van der Waals surface area contributed by atoms with Gasteiger partial charge in [-0.25, -0.2) is 9.97 Å². The summed E-state index contributed by atoms with van der Waals surface area (Å²) in [6.07, 6.45) is 0.830. The molecule has 0 radical (unpaired) electrons. The van der Waals surface area contributed by atoms with Gasteiger partial charge in [-0.15, -0.1) is 21.5 Å². The highest BCUT2D eigenvalue weighted by Crippen LogP contribution is 2.23. The molecular weight excluding hydrogens is 384 g/mol. The number of carbonyl (C=O) groups is 1. The summed E-state index contributed by atoms with van der Waals surface area (Å²) in [6, 6.07) is 5.53. The average molecular weight is 405 g/mol. The number of thioether (sulfide) groups is 1. The maximum absolute atomic E-state index is 12.6. The molecule has 0 aliphatic carbocycles. The molecule has 2 N–H and O–H groups in total. The molecule has 3 aromatic rings. The number of aromatic nitrogens is 4. The van der Waals surface area contributed by atoms with E-state index in [9.17, 15) is 4.79 Å². The van der Waals surface area contributed by atoms with Crippen molar-refractivity contribution in [2.75, 3.05) is 18.0 Å². The monoisotopic (exact) mass is 404 g/mol. The van der Waals surface area contributed by atoms with Gasteiger partial charge in [-0.05, 0) is 24.8 Å². The average Bonchev–Trinajstić information content (AvgIpc) is 3.30. The maximum Gasteiger partial charge on any atom is 0.257 e. The first-order valence-electron chi connectivity index (χ1n) is 8.43. The van der Waals surface area contributed by atoms with Gasteiger partial charge < -0.3 is 15.1 Å². The Bertz CT molecular complexity index is 876. The summed E-state index contributed by atoms with van der Waals surface area (Å²) in [5.41, 5.74) is 6.50. The molecular formula is C17H20N6O2S2. The summed E-state index contributed by atoms with van der Waals surface area (Å²) in [5, 5.41) is 10.6. The highest BCUT2D eigenvalue weighted by atomic mass is 32.2. The second-order valence-corrected chi connectivity index (χ2v) is 7.69. The van der Waals surface area contributed by atoms with E-state index >= 15 is 0 Å². The third-order valence-electron chi connectivity index (χ3n) is 3.55. The molecule has 10 heteroatoms. The Morgan fingerprint density at radius 2 is 2.22 bits per heavy atom. The summed E-state index contributed by atoms with van der Waals surface area (Å²) in [5.74, 6) is 1.47. The number of anilines is 1. The predicted octanol–water partition coefficient (Wildman–Crippen LogP) is 3.01. The molecule has 0 unspecified atom stereocenters. The Labute approximate surface area is 165 Å². The topological polar surface area (TPSA) is 111 Å². The van der Waals surface area contributed by atoms with Gasteiger partial charge >= 0.3 is 0 Å². The van der Waals surface area contributed by atoms with Crippen LogP contribution < -0.4 is 5.73 Å². The number of hydrogen-bond acceptors (Lipinski definition) is 9. The van der Waals surface area contributed by atoms with Crippen LogP contribution >= 0.6 is 23.1 Å². The zero-order chi connectivity index (χ0) is 19.2. The van der Waals surface area contributed by atoms with Crippen molar-refractivity contribution in [3.63, 3.8) is 0 Å². The molecule has 0 aliphatic rings. The first-order chi connectivity index (χ1) is 13.0. The first-order valence-corrected chi connectivity index (χ1v) is 10.3. The summed E-state index contributed by atoms with van der Waals surface area (Å²) in [7, 11) is 0. The maximum atomic E-state index is 12.6. The van der Waals surface area contributed by atoms with Gasteiger partial charge in [0.1, 0.15) is 5.82 Å². The molecule has 27 heavy (non-hydrogen) atoms. The minimum Gasteiger partial charge on any atom is -0.418 e. The number of thiophene rings is 1. The van der Waals surface area contributed by atoms with Crippen LogP contribution in [0, 0.1) is 6.92 Å². The number of amides is 1. The largest absolute Gasteiger partial charge is 0.418 e. The second-order valence-electron chi connectivity index (χ2n) is 5.80. The Hall–Kier alpha value is -2.46. The van der Waals surface area contributed by atoms with Crippen LogP contribution in [-0.2, 0) is 11.3 Å². The Kier molecular flexibility index (Phi) is 6.40. The molecule has 0 aliphatic heterocycles. The van der Waals surface area contributed by atoms with Crippen molar-refractivity contribution in [3.05, 3.63) is 35.2 Å². The zero-order valence-corrected chi connectivity index (χ0v) is 16.7. The normalized spacial score (nSPS) is 10.9. The Balaban J connectivity index is 1.63. The second kappa shape index (κ2) is 8.96. The smallest absolute Gasteiger partial charge is 0.257 e. The molecule has 3 aromatic heterocycles. The van der Waals surface area contributed by atoms with Crippen LogP contribution in [0.25, 0.3) is 10.8 Å². The van der Waals surface area contributed by atoms with Crippen molar-refractivity contribution >= 4 is 34.8 Å². The van der Waals surface area contributed by atoms with Gasteiger partial charge in [0.15, 0.2) is 5.16 Å². The predicted molar refractivity (Wildman–Crippen MR) is 105 cm³/mol. The molecule has 0 atom stereocenters. The summed E-state index contributed by atoms with van der Waals surface area (Å²) in [6.45, 7) is 4.74. The van der Waals surface area contributed by atoms with Crippen molar-refractivity contribution in [1.82, 2.24) is 25.1 Å². The minimum absolute atomic E-state index is 0.0404. The lowest BCUT2D eigenvalue weighted by Gasteiger charge is -2.19. The van der Waals surface area contributed by atoms with Gasteiger partial charge in [-0.1, -0.05) is 24.8 Å². The Morgan fingerprint density at radius 1 is 1.37 bits per heavy atom. The van der Waals surface area contributed by atoms with Gasteiger partial charge in [0.25, 0.3) is 5.89 Å². The fourth-order valence-corrected chi connectivity index (χ4v) is 3.85. The molecule has 3 rings (SSSR count). The summed E-state index contributed by atoms with van der Waals surface area (Å²) < 4.78 is 5.70. The molecule has 0 aromatic carbocycles. The van der Waals surface area contributed by atoms with E-state index in [1.54, 1.807) is 11.0 Å². The van der Waals surface area contributed by atoms with Crippen molar-refractivity contribution in [1.29, 1.82) is 0 Å². The van der Waals surface area contributed by atoms with E-state index < -0.39 is 0 Å². The van der Waals surface area contributed by atoms with Crippen molar-refractivity contribution in [2.24, 2.45) is 0 Å². The van der Waals surface area contributed by atoms with Crippen molar-refractivity contribution < 1.29 is 9.21 Å². The van der Waals surface area contributed by atoms with E-state index in [1.165, 1.54) is 23.1 Å². The van der Waals surface area contributed by atoms with E-state index in [2.05, 4.69) is 20.2 Å². The quantitative estimate of drug-likeness (QED) is 0.450. The van der Waals surface area contributed by atoms with Crippen LogP contribution in [0.2, 0.25) is 0 Å². The van der Waals surface area contributed by atoms with E-state index in [4.69, 9.17) is 10.2 Å². The van der Waals surface area contributed by atoms with Crippen LogP contribution in [-0.4, -0.2) is 43.3 Å². The molecule has 0 spiro atoms. The van der Waals surface area contributed by atoms with Crippen LogP contribution in [0.4, 0.5) is 5.82 Å². The van der Waals surface area contributed by atoms with Crippen LogP contribution in [0.15, 0.2) is 33.2 Å². The Morgan fingerprint density at radius 3 is 2.93 bits per heavy atom. The van der Waals surface area contributed by atoms with E-state index in [0.717, 1.165) is 17.0 Å². The lowest BCUT2D eigenvalue weighted by atomic mass is 10.4. The summed E-state index contributed by atoms with van der Waals surface area (Å²) >= 11 is 2.80. The number of carbonyl (C=O) groups excluding carboxylic acids is 1. The van der Waals surface area contributed by atoms with Crippen LogP contribution in [0.1, 0.15) is 24.9 Å². The standard InChI is InChI=1S/C17H20N6O2S2/c1-3-6-23(9-14-21-22-16(25-14)12-5-4-7-26-12)15(24)10-27-17-19-11(2)8-13(18)20-17/h4-5,7-8H,3,6,9-10H2,1-2H3,(H2,18,19,20). The third kappa shape index (κ3) is 5.27. The van der Waals surface area contributed by atoms with Gasteiger partial charge in [0.2, 0.25) is 11.8 Å². The minimum atomic E-state index is -0.0404. The van der Waals surface area contributed by atoms with Crippen molar-refractivity contribution in [3.8, 4) is 10.8 Å². The number of aryl methyl sites for hydroxylation is 1. The van der Waals surface area contributed by atoms with Gasteiger partial charge in [0.05, 0.1) is 17.2 Å². The van der Waals surface area contributed by atoms with E-state index in [0.29, 0.717) is 29.3 Å². The molecule has 142 valence electrons. The number of nitrogen functional groups attached to an aromatic ring is 1. The molecule has 0 saturated carbocycles. The highest BCUT2D eigenvalue weighted by Gasteiger charge is 2.18.